The number of pyridine rings is 1. The summed E-state index contributed by atoms with van der Waals surface area (Å²) in [7, 11) is 0. The molecular weight excluding hydrogens is 162 g/mol. The van der Waals surface area contributed by atoms with E-state index in [4.69, 9.17) is 0 Å². The van der Waals surface area contributed by atoms with E-state index in [1.54, 1.807) is 6.20 Å². The maximum Gasteiger partial charge on any atom is 0.0911 e. The molecule has 2 heteroatoms. The minimum Gasteiger partial charge on any atom is -0.385 e. The molecule has 1 aromatic rings. The first kappa shape index (κ1) is 8.70. The summed E-state index contributed by atoms with van der Waals surface area (Å²) in [5.74, 6) is 0.441. The van der Waals surface area contributed by atoms with Crippen molar-refractivity contribution in [2.45, 2.75) is 32.3 Å². The van der Waals surface area contributed by atoms with Gasteiger partial charge in [0.15, 0.2) is 0 Å². The van der Waals surface area contributed by atoms with Crippen LogP contribution >= 0.6 is 0 Å². The summed E-state index contributed by atoms with van der Waals surface area (Å²) < 4.78 is 0. The topological polar surface area (TPSA) is 33.1 Å². The zero-order valence-electron chi connectivity index (χ0n) is 8.12. The molecule has 13 heavy (non-hydrogen) atoms. The Kier molecular flexibility index (Phi) is 1.88. The highest BCUT2D eigenvalue weighted by atomic mass is 16.3. The summed E-state index contributed by atoms with van der Waals surface area (Å²) in [4.78, 5) is 4.10. The van der Waals surface area contributed by atoms with Crippen molar-refractivity contribution in [2.24, 2.45) is 5.92 Å². The highest BCUT2D eigenvalue weighted by Gasteiger charge is 2.41. The molecule has 1 aliphatic rings. The maximum atomic E-state index is 10.2. The van der Waals surface area contributed by atoms with Gasteiger partial charge in [-0.05, 0) is 38.2 Å². The third kappa shape index (κ3) is 1.59. The number of hydrogen-bond acceptors (Lipinski definition) is 2. The van der Waals surface area contributed by atoms with Gasteiger partial charge in [0, 0.05) is 18.0 Å². The molecular formula is C11H15NO. The molecule has 70 valence electrons. The molecule has 1 aliphatic carbocycles. The molecule has 1 unspecified atom stereocenters. The predicted molar refractivity (Wildman–Crippen MR) is 51.3 cm³/mol. The standard InChI is InChI=1S/C11H15NO/c1-8-5-10(7-12-6-8)11(2,13)9-3-4-9/h5-7,9,13H,3-4H2,1-2H3. The Labute approximate surface area is 78.6 Å². The lowest BCUT2D eigenvalue weighted by atomic mass is 9.92. The number of hydrogen-bond donors (Lipinski definition) is 1. The van der Waals surface area contributed by atoms with Crippen LogP contribution in [0.25, 0.3) is 0 Å². The summed E-state index contributed by atoms with van der Waals surface area (Å²) in [6.07, 6.45) is 5.86. The highest BCUT2D eigenvalue weighted by molar-refractivity contribution is 5.24. The molecule has 1 N–H and O–H groups in total. The van der Waals surface area contributed by atoms with E-state index < -0.39 is 5.60 Å². The van der Waals surface area contributed by atoms with E-state index in [1.807, 2.05) is 26.1 Å². The van der Waals surface area contributed by atoms with Gasteiger partial charge in [-0.3, -0.25) is 4.98 Å². The smallest absolute Gasteiger partial charge is 0.0911 e. The van der Waals surface area contributed by atoms with Gasteiger partial charge in [0.1, 0.15) is 0 Å². The Bertz CT molecular complexity index is 316. The van der Waals surface area contributed by atoms with E-state index in [0.29, 0.717) is 5.92 Å². The van der Waals surface area contributed by atoms with Crippen molar-refractivity contribution in [1.29, 1.82) is 0 Å². The Morgan fingerprint density at radius 1 is 1.46 bits per heavy atom. The summed E-state index contributed by atoms with van der Waals surface area (Å²) in [5.41, 5.74) is 1.40. The van der Waals surface area contributed by atoms with E-state index >= 15 is 0 Å². The first-order valence-corrected chi connectivity index (χ1v) is 4.75. The molecule has 1 heterocycles. The second-order valence-electron chi connectivity index (χ2n) is 4.17. The van der Waals surface area contributed by atoms with Gasteiger partial charge in [-0.2, -0.15) is 0 Å². The van der Waals surface area contributed by atoms with Crippen molar-refractivity contribution < 1.29 is 5.11 Å². The average molecular weight is 177 g/mol. The number of rotatable bonds is 2. The molecule has 2 rings (SSSR count). The van der Waals surface area contributed by atoms with Crippen LogP contribution in [0.15, 0.2) is 18.5 Å². The summed E-state index contributed by atoms with van der Waals surface area (Å²) >= 11 is 0. The summed E-state index contributed by atoms with van der Waals surface area (Å²) in [6.45, 7) is 3.89. The Morgan fingerprint density at radius 3 is 2.69 bits per heavy atom. The number of nitrogens with zero attached hydrogens (tertiary/aromatic N) is 1. The van der Waals surface area contributed by atoms with Crippen LogP contribution in [0.3, 0.4) is 0 Å². The second-order valence-corrected chi connectivity index (χ2v) is 4.17. The number of aliphatic hydroxyl groups is 1. The van der Waals surface area contributed by atoms with E-state index in [0.717, 1.165) is 24.0 Å². The molecule has 0 bridgehead atoms. The van der Waals surface area contributed by atoms with Crippen molar-refractivity contribution in [3.63, 3.8) is 0 Å². The van der Waals surface area contributed by atoms with Crippen molar-refractivity contribution in [2.75, 3.05) is 0 Å². The molecule has 2 nitrogen and oxygen atoms in total. The van der Waals surface area contributed by atoms with Crippen LogP contribution < -0.4 is 0 Å². The van der Waals surface area contributed by atoms with Crippen molar-refractivity contribution >= 4 is 0 Å². The molecule has 0 saturated heterocycles. The van der Waals surface area contributed by atoms with Crippen LogP contribution in [0, 0.1) is 12.8 Å². The quantitative estimate of drug-likeness (QED) is 0.749. The van der Waals surface area contributed by atoms with Gasteiger partial charge in [-0.25, -0.2) is 0 Å². The third-order valence-corrected chi connectivity index (χ3v) is 2.83. The fraction of sp³-hybridized carbons (Fsp3) is 0.545. The van der Waals surface area contributed by atoms with Crippen molar-refractivity contribution in [1.82, 2.24) is 4.98 Å². The van der Waals surface area contributed by atoms with Crippen molar-refractivity contribution in [3.8, 4) is 0 Å². The molecule has 1 atom stereocenters. The molecule has 0 radical (unpaired) electrons. The summed E-state index contributed by atoms with van der Waals surface area (Å²) in [6, 6.07) is 2.02. The highest BCUT2D eigenvalue weighted by Crippen LogP contribution is 2.45. The van der Waals surface area contributed by atoms with E-state index in [1.165, 1.54) is 0 Å². The molecule has 0 amide bonds. The van der Waals surface area contributed by atoms with Gasteiger partial charge in [-0.15, -0.1) is 0 Å². The fourth-order valence-corrected chi connectivity index (χ4v) is 1.71. The van der Waals surface area contributed by atoms with Crippen LogP contribution in [-0.2, 0) is 5.60 Å². The average Bonchev–Trinajstić information content (AvgIpc) is 2.86. The van der Waals surface area contributed by atoms with Gasteiger partial charge in [0.05, 0.1) is 5.60 Å². The number of aryl methyl sites for hydroxylation is 1. The first-order valence-electron chi connectivity index (χ1n) is 4.75. The lowest BCUT2D eigenvalue weighted by Gasteiger charge is -2.23. The van der Waals surface area contributed by atoms with Gasteiger partial charge in [0.2, 0.25) is 0 Å². The zero-order chi connectivity index (χ0) is 9.47. The number of aromatic nitrogens is 1. The monoisotopic (exact) mass is 177 g/mol. The Hall–Kier alpha value is -0.890. The zero-order valence-corrected chi connectivity index (χ0v) is 8.12. The lowest BCUT2D eigenvalue weighted by Crippen LogP contribution is -2.23. The van der Waals surface area contributed by atoms with E-state index in [-0.39, 0.29) is 0 Å². The molecule has 0 aromatic carbocycles. The second kappa shape index (κ2) is 2.81. The Balaban J connectivity index is 2.33. The minimum atomic E-state index is -0.668. The third-order valence-electron chi connectivity index (χ3n) is 2.83. The van der Waals surface area contributed by atoms with Crippen LogP contribution in [0.4, 0.5) is 0 Å². The predicted octanol–water partition coefficient (Wildman–Crippen LogP) is 2.01. The molecule has 1 fully saturated rings. The van der Waals surface area contributed by atoms with Crippen molar-refractivity contribution in [3.05, 3.63) is 29.6 Å². The maximum absolute atomic E-state index is 10.2. The van der Waals surface area contributed by atoms with Crippen LogP contribution in [0.2, 0.25) is 0 Å². The first-order chi connectivity index (χ1) is 6.10. The SMILES string of the molecule is Cc1cncc(C(C)(O)C2CC2)c1. The van der Waals surface area contributed by atoms with Crippen LogP contribution in [-0.4, -0.2) is 10.1 Å². The lowest BCUT2D eigenvalue weighted by molar-refractivity contribution is 0.0327. The normalized spacial score (nSPS) is 21.2. The molecule has 0 aliphatic heterocycles. The van der Waals surface area contributed by atoms with Gasteiger partial charge >= 0.3 is 0 Å². The van der Waals surface area contributed by atoms with E-state index in [9.17, 15) is 5.11 Å². The van der Waals surface area contributed by atoms with Gasteiger partial charge in [0.25, 0.3) is 0 Å². The minimum absolute atomic E-state index is 0.441. The van der Waals surface area contributed by atoms with Crippen LogP contribution in [0.1, 0.15) is 30.9 Å². The Morgan fingerprint density at radius 2 is 2.15 bits per heavy atom. The van der Waals surface area contributed by atoms with E-state index in [2.05, 4.69) is 4.98 Å². The fourth-order valence-electron chi connectivity index (χ4n) is 1.71. The van der Waals surface area contributed by atoms with Crippen LogP contribution in [0.5, 0.6) is 0 Å². The van der Waals surface area contributed by atoms with Gasteiger partial charge < -0.3 is 5.11 Å². The largest absolute Gasteiger partial charge is 0.385 e. The molecule has 1 saturated carbocycles. The molecule has 1 aromatic heterocycles. The molecule has 0 spiro atoms. The summed E-state index contributed by atoms with van der Waals surface area (Å²) in [5, 5.41) is 10.2. The van der Waals surface area contributed by atoms with Gasteiger partial charge in [-0.1, -0.05) is 6.07 Å².